The molecule has 0 aliphatic heterocycles. The molecule has 3 rings (SSSR count). The van der Waals surface area contributed by atoms with Crippen LogP contribution in [0.2, 0.25) is 5.02 Å². The maximum Gasteiger partial charge on any atom is 0.340 e. The average molecular weight is 379 g/mol. The lowest BCUT2D eigenvalue weighted by atomic mass is 10.1. The first kappa shape index (κ1) is 15.1. The van der Waals surface area contributed by atoms with Gasteiger partial charge in [0.15, 0.2) is 0 Å². The van der Waals surface area contributed by atoms with Gasteiger partial charge in [-0.2, -0.15) is 0 Å². The zero-order valence-electron chi connectivity index (χ0n) is 11.8. The summed E-state index contributed by atoms with van der Waals surface area (Å²) in [5.74, 6) is -0.339. The number of para-hydroxylation sites is 1. The SMILES string of the molecule is COC(=O)c1cccc2c(Br)cn(Cc3ccc(Cl)cc3)c12. The highest BCUT2D eigenvalue weighted by molar-refractivity contribution is 9.10. The fourth-order valence-electron chi connectivity index (χ4n) is 2.50. The summed E-state index contributed by atoms with van der Waals surface area (Å²) in [6.45, 7) is 0.646. The Hall–Kier alpha value is -1.78. The van der Waals surface area contributed by atoms with Crippen LogP contribution in [0.5, 0.6) is 0 Å². The van der Waals surface area contributed by atoms with Crippen LogP contribution in [0, 0.1) is 0 Å². The summed E-state index contributed by atoms with van der Waals surface area (Å²) in [4.78, 5) is 12.0. The molecule has 112 valence electrons. The van der Waals surface area contributed by atoms with E-state index in [4.69, 9.17) is 16.3 Å². The molecule has 0 saturated heterocycles. The summed E-state index contributed by atoms with van der Waals surface area (Å²) in [5.41, 5.74) is 2.52. The first-order valence-electron chi connectivity index (χ1n) is 6.70. The summed E-state index contributed by atoms with van der Waals surface area (Å²) >= 11 is 9.48. The monoisotopic (exact) mass is 377 g/mol. The Morgan fingerprint density at radius 3 is 2.64 bits per heavy atom. The van der Waals surface area contributed by atoms with E-state index in [0.717, 1.165) is 20.9 Å². The number of halogens is 2. The highest BCUT2D eigenvalue weighted by Crippen LogP contribution is 2.30. The number of fused-ring (bicyclic) bond motifs is 1. The molecular weight excluding hydrogens is 366 g/mol. The van der Waals surface area contributed by atoms with E-state index in [9.17, 15) is 4.79 Å². The van der Waals surface area contributed by atoms with E-state index in [1.54, 1.807) is 6.07 Å². The Balaban J connectivity index is 2.13. The molecule has 0 bridgehead atoms. The Morgan fingerprint density at radius 2 is 1.95 bits per heavy atom. The van der Waals surface area contributed by atoms with E-state index in [-0.39, 0.29) is 5.97 Å². The number of methoxy groups -OCH3 is 1. The Labute approximate surface area is 141 Å². The predicted molar refractivity (Wildman–Crippen MR) is 91.5 cm³/mol. The molecule has 0 aliphatic carbocycles. The molecule has 1 aromatic heterocycles. The van der Waals surface area contributed by atoms with Gasteiger partial charge in [-0.15, -0.1) is 0 Å². The minimum atomic E-state index is -0.339. The largest absolute Gasteiger partial charge is 0.465 e. The Morgan fingerprint density at radius 1 is 1.23 bits per heavy atom. The summed E-state index contributed by atoms with van der Waals surface area (Å²) in [7, 11) is 1.39. The molecule has 3 nitrogen and oxygen atoms in total. The minimum Gasteiger partial charge on any atom is -0.465 e. The van der Waals surface area contributed by atoms with Crippen LogP contribution < -0.4 is 0 Å². The van der Waals surface area contributed by atoms with Gasteiger partial charge in [0.1, 0.15) is 0 Å². The van der Waals surface area contributed by atoms with Crippen molar-refractivity contribution in [3.63, 3.8) is 0 Å². The molecule has 0 N–H and O–H groups in total. The molecule has 0 spiro atoms. The lowest BCUT2D eigenvalue weighted by Crippen LogP contribution is -2.06. The lowest BCUT2D eigenvalue weighted by molar-refractivity contribution is 0.0602. The van der Waals surface area contributed by atoms with Crippen molar-refractivity contribution in [1.82, 2.24) is 4.57 Å². The second kappa shape index (κ2) is 6.15. The number of hydrogen-bond acceptors (Lipinski definition) is 2. The van der Waals surface area contributed by atoms with Crippen molar-refractivity contribution < 1.29 is 9.53 Å². The topological polar surface area (TPSA) is 31.2 Å². The molecule has 0 radical (unpaired) electrons. The van der Waals surface area contributed by atoms with Crippen molar-refractivity contribution in [3.8, 4) is 0 Å². The average Bonchev–Trinajstić information content (AvgIpc) is 2.85. The third-order valence-electron chi connectivity index (χ3n) is 3.52. The molecular formula is C17H13BrClNO2. The number of nitrogens with zero attached hydrogens (tertiary/aromatic N) is 1. The highest BCUT2D eigenvalue weighted by atomic mass is 79.9. The molecule has 0 amide bonds. The van der Waals surface area contributed by atoms with Crippen LogP contribution in [-0.4, -0.2) is 17.6 Å². The van der Waals surface area contributed by atoms with E-state index in [1.807, 2.05) is 47.2 Å². The maximum absolute atomic E-state index is 12.0. The Bertz CT molecular complexity index is 840. The predicted octanol–water partition coefficient (Wildman–Crippen LogP) is 4.89. The van der Waals surface area contributed by atoms with Crippen LogP contribution in [0.4, 0.5) is 0 Å². The number of ether oxygens (including phenoxy) is 1. The van der Waals surface area contributed by atoms with Gasteiger partial charge in [0, 0.05) is 27.6 Å². The van der Waals surface area contributed by atoms with Crippen LogP contribution in [0.1, 0.15) is 15.9 Å². The van der Waals surface area contributed by atoms with E-state index in [1.165, 1.54) is 7.11 Å². The second-order valence-electron chi connectivity index (χ2n) is 4.92. The summed E-state index contributed by atoms with van der Waals surface area (Å²) in [6.07, 6.45) is 1.98. The molecule has 1 heterocycles. The number of rotatable bonds is 3. The Kier molecular flexibility index (Phi) is 4.23. The summed E-state index contributed by atoms with van der Waals surface area (Å²) < 4.78 is 7.87. The van der Waals surface area contributed by atoms with Crippen molar-refractivity contribution >= 4 is 44.4 Å². The molecule has 0 unspecified atom stereocenters. The number of hydrogen-bond donors (Lipinski definition) is 0. The van der Waals surface area contributed by atoms with Gasteiger partial charge in [-0.25, -0.2) is 4.79 Å². The van der Waals surface area contributed by atoms with E-state index < -0.39 is 0 Å². The lowest BCUT2D eigenvalue weighted by Gasteiger charge is -2.09. The third-order valence-corrected chi connectivity index (χ3v) is 4.41. The normalized spacial score (nSPS) is 10.9. The summed E-state index contributed by atoms with van der Waals surface area (Å²) in [6, 6.07) is 13.3. The highest BCUT2D eigenvalue weighted by Gasteiger charge is 2.16. The first-order chi connectivity index (χ1) is 10.6. The van der Waals surface area contributed by atoms with Crippen molar-refractivity contribution in [2.75, 3.05) is 7.11 Å². The molecule has 0 aliphatic rings. The zero-order valence-corrected chi connectivity index (χ0v) is 14.2. The molecule has 2 aromatic carbocycles. The zero-order chi connectivity index (χ0) is 15.7. The summed E-state index contributed by atoms with van der Waals surface area (Å²) in [5, 5.41) is 1.69. The van der Waals surface area contributed by atoms with Gasteiger partial charge < -0.3 is 9.30 Å². The molecule has 0 saturated carbocycles. The van der Waals surface area contributed by atoms with E-state index in [2.05, 4.69) is 15.9 Å². The fraction of sp³-hybridized carbons (Fsp3) is 0.118. The van der Waals surface area contributed by atoms with Crippen LogP contribution in [0.3, 0.4) is 0 Å². The van der Waals surface area contributed by atoms with Gasteiger partial charge >= 0.3 is 5.97 Å². The fourth-order valence-corrected chi connectivity index (χ4v) is 3.20. The van der Waals surface area contributed by atoms with Crippen LogP contribution in [0.15, 0.2) is 53.1 Å². The smallest absolute Gasteiger partial charge is 0.340 e. The van der Waals surface area contributed by atoms with Gasteiger partial charge in [0.05, 0.1) is 18.2 Å². The maximum atomic E-state index is 12.0. The number of benzene rings is 2. The number of carbonyl (C=O) groups is 1. The molecule has 5 heteroatoms. The number of carbonyl (C=O) groups excluding carboxylic acids is 1. The molecule has 0 fully saturated rings. The molecule has 3 aromatic rings. The van der Waals surface area contributed by atoms with Crippen molar-refractivity contribution in [2.45, 2.75) is 6.54 Å². The number of aromatic nitrogens is 1. The molecule has 22 heavy (non-hydrogen) atoms. The number of esters is 1. The van der Waals surface area contributed by atoms with E-state index >= 15 is 0 Å². The van der Waals surface area contributed by atoms with Crippen molar-refractivity contribution in [1.29, 1.82) is 0 Å². The van der Waals surface area contributed by atoms with Gasteiger partial charge in [-0.1, -0.05) is 35.9 Å². The van der Waals surface area contributed by atoms with Gasteiger partial charge in [0.2, 0.25) is 0 Å². The van der Waals surface area contributed by atoms with Gasteiger partial charge in [-0.3, -0.25) is 0 Å². The van der Waals surface area contributed by atoms with Crippen LogP contribution >= 0.6 is 27.5 Å². The standard InChI is InChI=1S/C17H13BrClNO2/c1-22-17(21)14-4-2-3-13-15(18)10-20(16(13)14)9-11-5-7-12(19)8-6-11/h2-8,10H,9H2,1H3. The third kappa shape index (κ3) is 2.76. The van der Waals surface area contributed by atoms with Crippen LogP contribution in [0.25, 0.3) is 10.9 Å². The van der Waals surface area contributed by atoms with Crippen LogP contribution in [-0.2, 0) is 11.3 Å². The van der Waals surface area contributed by atoms with Crippen molar-refractivity contribution in [2.24, 2.45) is 0 Å². The molecule has 0 atom stereocenters. The van der Waals surface area contributed by atoms with Gasteiger partial charge in [0.25, 0.3) is 0 Å². The quantitative estimate of drug-likeness (QED) is 0.608. The minimum absolute atomic E-state index is 0.339. The second-order valence-corrected chi connectivity index (χ2v) is 6.22. The van der Waals surface area contributed by atoms with Crippen molar-refractivity contribution in [3.05, 3.63) is 69.3 Å². The van der Waals surface area contributed by atoms with Gasteiger partial charge in [-0.05, 0) is 39.7 Å². The van der Waals surface area contributed by atoms with E-state index in [0.29, 0.717) is 17.1 Å². The first-order valence-corrected chi connectivity index (χ1v) is 7.87.